The van der Waals surface area contributed by atoms with Gasteiger partial charge in [-0.2, -0.15) is 0 Å². The van der Waals surface area contributed by atoms with Gasteiger partial charge in [-0.25, -0.2) is 4.57 Å². The highest BCUT2D eigenvalue weighted by Gasteiger charge is 2.27. The molecule has 3 atom stereocenters. The van der Waals surface area contributed by atoms with Crippen LogP contribution in [0.1, 0.15) is 226 Å². The van der Waals surface area contributed by atoms with E-state index in [1.54, 1.807) is 6.08 Å². The quantitative estimate of drug-likeness (QED) is 0.0244. The fourth-order valence-corrected chi connectivity index (χ4v) is 7.77. The zero-order valence-electron chi connectivity index (χ0n) is 38.3. The molecule has 0 aliphatic rings. The molecule has 0 rings (SSSR count). The molecule has 0 aliphatic carbocycles. The van der Waals surface area contributed by atoms with Crippen LogP contribution in [0.25, 0.3) is 0 Å². The van der Waals surface area contributed by atoms with Crippen molar-refractivity contribution in [2.24, 2.45) is 0 Å². The molecule has 1 amide bonds. The first-order valence-corrected chi connectivity index (χ1v) is 25.7. The van der Waals surface area contributed by atoms with Crippen LogP contribution in [0, 0.1) is 0 Å². The van der Waals surface area contributed by atoms with Gasteiger partial charge in [-0.05, 0) is 44.9 Å². The van der Waals surface area contributed by atoms with E-state index in [0.29, 0.717) is 17.4 Å². The number of hydrogen-bond acceptors (Lipinski definition) is 5. The summed E-state index contributed by atoms with van der Waals surface area (Å²) in [5.74, 6) is -0.180. The van der Waals surface area contributed by atoms with Gasteiger partial charge in [0, 0.05) is 6.42 Å². The van der Waals surface area contributed by atoms with Crippen molar-refractivity contribution in [3.05, 3.63) is 24.3 Å². The Morgan fingerprint density at radius 3 is 1.35 bits per heavy atom. The Hall–Kier alpha value is -1.02. The van der Waals surface area contributed by atoms with E-state index in [2.05, 4.69) is 31.3 Å². The van der Waals surface area contributed by atoms with Gasteiger partial charge in [-0.1, -0.05) is 199 Å². The van der Waals surface area contributed by atoms with E-state index in [0.717, 1.165) is 38.5 Å². The SMILES string of the molecule is CCCCCCCCCCC/C=C\CCCCCCCCCC(=O)NC(COP(=O)(O)OCC[N+](C)(C)C)C(O)/C=C/CCCCCCCCCCCCCCC. The lowest BCUT2D eigenvalue weighted by molar-refractivity contribution is -0.870. The van der Waals surface area contributed by atoms with Crippen molar-refractivity contribution >= 4 is 13.7 Å². The minimum atomic E-state index is -4.34. The Balaban J connectivity index is 4.34. The summed E-state index contributed by atoms with van der Waals surface area (Å²) in [6.45, 7) is 4.82. The number of phosphoric acid groups is 1. The number of aliphatic hydroxyl groups excluding tert-OH is 1. The number of hydrogen-bond donors (Lipinski definition) is 3. The molecule has 0 fully saturated rings. The van der Waals surface area contributed by atoms with E-state index in [9.17, 15) is 19.4 Å². The van der Waals surface area contributed by atoms with E-state index in [-0.39, 0.29) is 19.1 Å². The van der Waals surface area contributed by atoms with Gasteiger partial charge in [-0.3, -0.25) is 13.8 Å². The predicted molar refractivity (Wildman–Crippen MR) is 245 cm³/mol. The second-order valence-corrected chi connectivity index (χ2v) is 19.3. The summed E-state index contributed by atoms with van der Waals surface area (Å²) in [5, 5.41) is 13.9. The Morgan fingerprint density at radius 1 is 0.579 bits per heavy atom. The summed E-state index contributed by atoms with van der Waals surface area (Å²) in [6.07, 6.45) is 48.2. The Labute approximate surface area is 354 Å². The van der Waals surface area contributed by atoms with Crippen molar-refractivity contribution in [1.29, 1.82) is 0 Å². The summed E-state index contributed by atoms with van der Waals surface area (Å²) < 4.78 is 23.6. The topological polar surface area (TPSA) is 105 Å². The van der Waals surface area contributed by atoms with E-state index in [1.807, 2.05) is 27.2 Å². The maximum absolute atomic E-state index is 12.9. The summed E-state index contributed by atoms with van der Waals surface area (Å²) in [6, 6.07) is -0.845. The molecule has 57 heavy (non-hydrogen) atoms. The Bertz CT molecular complexity index is 984. The maximum atomic E-state index is 12.9. The van der Waals surface area contributed by atoms with Crippen molar-refractivity contribution in [3.63, 3.8) is 0 Å². The number of allylic oxidation sites excluding steroid dienone is 3. The van der Waals surface area contributed by atoms with Crippen LogP contribution in [-0.4, -0.2) is 73.4 Å². The molecule has 9 heteroatoms. The molecule has 8 nitrogen and oxygen atoms in total. The zero-order valence-corrected chi connectivity index (χ0v) is 39.2. The predicted octanol–water partition coefficient (Wildman–Crippen LogP) is 13.7. The summed E-state index contributed by atoms with van der Waals surface area (Å²) >= 11 is 0. The monoisotopic (exact) mass is 828 g/mol. The number of nitrogens with one attached hydrogen (secondary N) is 1. The van der Waals surface area contributed by atoms with Gasteiger partial charge in [0.05, 0.1) is 39.9 Å². The molecule has 0 aromatic heterocycles. The standard InChI is InChI=1S/C48H95N2O6P/c1-6-8-10-12-14-16-18-20-22-23-24-25-26-28-30-32-34-36-38-40-42-48(52)49-46(45-56-57(53,54)55-44-43-50(3,4)5)47(51)41-39-37-35-33-31-29-27-21-19-17-15-13-11-9-7-2/h24-25,39,41,46-47,51H,6-23,26-38,40,42-45H2,1-5H3,(H-,49,52,53,54)/p+1/b25-24-,41-39+. The molecule has 0 heterocycles. The van der Waals surface area contributed by atoms with Gasteiger partial charge in [0.25, 0.3) is 0 Å². The third-order valence-corrected chi connectivity index (χ3v) is 11.9. The van der Waals surface area contributed by atoms with Crippen LogP contribution >= 0.6 is 7.82 Å². The van der Waals surface area contributed by atoms with Crippen molar-refractivity contribution < 1.29 is 32.9 Å². The molecule has 0 radical (unpaired) electrons. The molecule has 0 aromatic carbocycles. The zero-order chi connectivity index (χ0) is 42.1. The number of nitrogens with zero attached hydrogens (tertiary/aromatic N) is 1. The lowest BCUT2D eigenvalue weighted by atomic mass is 10.0. The van der Waals surface area contributed by atoms with Crippen LogP contribution in [0.5, 0.6) is 0 Å². The lowest BCUT2D eigenvalue weighted by Crippen LogP contribution is -2.45. The minimum absolute atomic E-state index is 0.0619. The number of rotatable bonds is 44. The average molecular weight is 828 g/mol. The number of likely N-dealkylation sites (N-methyl/N-ethyl adjacent to an activating group) is 1. The van der Waals surface area contributed by atoms with Crippen LogP contribution in [0.4, 0.5) is 0 Å². The number of phosphoric ester groups is 1. The first kappa shape index (κ1) is 56.0. The van der Waals surface area contributed by atoms with Crippen LogP contribution in [0.3, 0.4) is 0 Å². The minimum Gasteiger partial charge on any atom is -0.387 e. The summed E-state index contributed by atoms with van der Waals surface area (Å²) in [7, 11) is 1.57. The molecule has 338 valence electrons. The van der Waals surface area contributed by atoms with Crippen molar-refractivity contribution in [3.8, 4) is 0 Å². The van der Waals surface area contributed by atoms with Crippen LogP contribution < -0.4 is 5.32 Å². The van der Waals surface area contributed by atoms with Gasteiger partial charge in [0.15, 0.2) is 0 Å². The molecular formula is C48H96N2O6P+. The second-order valence-electron chi connectivity index (χ2n) is 17.8. The second kappa shape index (κ2) is 40.4. The summed E-state index contributed by atoms with van der Waals surface area (Å²) in [5.41, 5.74) is 0. The third-order valence-electron chi connectivity index (χ3n) is 10.9. The number of carbonyl (C=O) groups is 1. The Kier molecular flexibility index (Phi) is 39.7. The van der Waals surface area contributed by atoms with E-state index in [1.165, 1.54) is 167 Å². The average Bonchev–Trinajstić information content (AvgIpc) is 3.16. The van der Waals surface area contributed by atoms with Crippen LogP contribution in [0.15, 0.2) is 24.3 Å². The number of amides is 1. The molecule has 0 aliphatic heterocycles. The smallest absolute Gasteiger partial charge is 0.387 e. The fourth-order valence-electron chi connectivity index (χ4n) is 7.04. The number of aliphatic hydroxyl groups is 1. The molecule has 3 N–H and O–H groups in total. The van der Waals surface area contributed by atoms with Gasteiger partial charge in [-0.15, -0.1) is 0 Å². The highest BCUT2D eigenvalue weighted by Crippen LogP contribution is 2.43. The van der Waals surface area contributed by atoms with Crippen molar-refractivity contribution in [2.45, 2.75) is 238 Å². The largest absolute Gasteiger partial charge is 0.472 e. The van der Waals surface area contributed by atoms with Gasteiger partial charge >= 0.3 is 7.82 Å². The molecule has 0 saturated carbocycles. The van der Waals surface area contributed by atoms with Crippen LogP contribution in [0.2, 0.25) is 0 Å². The molecule has 3 unspecified atom stereocenters. The normalized spacial score (nSPS) is 14.4. The first-order chi connectivity index (χ1) is 27.5. The highest BCUT2D eigenvalue weighted by atomic mass is 31.2. The first-order valence-electron chi connectivity index (χ1n) is 24.2. The summed E-state index contributed by atoms with van der Waals surface area (Å²) in [4.78, 5) is 23.2. The number of quaternary nitrogens is 1. The maximum Gasteiger partial charge on any atom is 0.472 e. The van der Waals surface area contributed by atoms with Crippen molar-refractivity contribution in [1.82, 2.24) is 5.32 Å². The fraction of sp³-hybridized carbons (Fsp3) is 0.896. The number of carbonyl (C=O) groups excluding carboxylic acids is 1. The van der Waals surface area contributed by atoms with Gasteiger partial charge < -0.3 is 19.8 Å². The van der Waals surface area contributed by atoms with Gasteiger partial charge in [0.2, 0.25) is 5.91 Å². The lowest BCUT2D eigenvalue weighted by Gasteiger charge is -2.25. The molecular weight excluding hydrogens is 732 g/mol. The number of unbranched alkanes of at least 4 members (excludes halogenated alkanes) is 29. The Morgan fingerprint density at radius 2 is 0.947 bits per heavy atom. The van der Waals surface area contributed by atoms with E-state index < -0.39 is 20.0 Å². The molecule has 0 saturated heterocycles. The molecule has 0 spiro atoms. The van der Waals surface area contributed by atoms with Crippen LogP contribution in [-0.2, 0) is 18.4 Å². The third kappa shape index (κ3) is 42.9. The van der Waals surface area contributed by atoms with E-state index in [4.69, 9.17) is 9.05 Å². The molecule has 0 aromatic rings. The van der Waals surface area contributed by atoms with Crippen molar-refractivity contribution in [2.75, 3.05) is 40.9 Å². The molecule has 0 bridgehead atoms. The van der Waals surface area contributed by atoms with Gasteiger partial charge in [0.1, 0.15) is 13.2 Å². The highest BCUT2D eigenvalue weighted by molar-refractivity contribution is 7.47. The van der Waals surface area contributed by atoms with E-state index >= 15 is 0 Å².